The van der Waals surface area contributed by atoms with E-state index in [1.54, 1.807) is 31.5 Å². The van der Waals surface area contributed by atoms with Crippen LogP contribution in [0.2, 0.25) is 0 Å². The van der Waals surface area contributed by atoms with E-state index in [1.165, 1.54) is 0 Å². The topological polar surface area (TPSA) is 78.4 Å². The molecule has 0 saturated heterocycles. The maximum atomic E-state index is 12.2. The highest BCUT2D eigenvalue weighted by Gasteiger charge is 2.14. The maximum Gasteiger partial charge on any atom is 0.244 e. The van der Waals surface area contributed by atoms with Gasteiger partial charge in [0.15, 0.2) is 23.0 Å². The van der Waals surface area contributed by atoms with Gasteiger partial charge in [0.05, 0.1) is 19.7 Å². The van der Waals surface area contributed by atoms with Gasteiger partial charge in [0.1, 0.15) is 6.61 Å². The van der Waals surface area contributed by atoms with E-state index in [4.69, 9.17) is 18.9 Å². The molecule has 1 amide bonds. The lowest BCUT2D eigenvalue weighted by atomic mass is 10.1. The Hall–Kier alpha value is -3.52. The lowest BCUT2D eigenvalue weighted by molar-refractivity contribution is -0.120. The van der Waals surface area contributed by atoms with E-state index in [0.717, 1.165) is 21.2 Å². The molecule has 8 heteroatoms. The molecule has 1 aliphatic heterocycles. The summed E-state index contributed by atoms with van der Waals surface area (Å²) in [5.74, 6) is 2.30. The van der Waals surface area contributed by atoms with Gasteiger partial charge in [0, 0.05) is 4.47 Å². The molecule has 0 fully saturated rings. The van der Waals surface area contributed by atoms with Gasteiger partial charge in [-0.25, -0.2) is 5.43 Å². The van der Waals surface area contributed by atoms with Crippen molar-refractivity contribution in [1.29, 1.82) is 0 Å². The Morgan fingerprint density at radius 1 is 1.03 bits per heavy atom. The van der Waals surface area contributed by atoms with Crippen molar-refractivity contribution in [2.24, 2.45) is 5.10 Å². The molecule has 0 unspecified atom stereocenters. The second-order valence-corrected chi connectivity index (χ2v) is 7.90. The number of nitrogens with zero attached hydrogens (tertiary/aromatic N) is 1. The average molecular weight is 497 g/mol. The number of carbonyl (C=O) groups is 1. The third kappa shape index (κ3) is 5.59. The number of ether oxygens (including phenoxy) is 4. The Balaban J connectivity index is 1.32. The minimum Gasteiger partial charge on any atom is -0.493 e. The van der Waals surface area contributed by atoms with Gasteiger partial charge in [0.25, 0.3) is 0 Å². The molecule has 4 rings (SSSR count). The molecule has 3 aromatic rings. The van der Waals surface area contributed by atoms with Crippen molar-refractivity contribution >= 4 is 28.1 Å². The normalized spacial score (nSPS) is 12.1. The van der Waals surface area contributed by atoms with Crippen LogP contribution in [0.15, 0.2) is 70.2 Å². The smallest absolute Gasteiger partial charge is 0.244 e. The fourth-order valence-electron chi connectivity index (χ4n) is 3.08. The van der Waals surface area contributed by atoms with E-state index >= 15 is 0 Å². The number of hydrazone groups is 1. The minimum absolute atomic E-state index is 0.181. The number of benzene rings is 3. The summed E-state index contributed by atoms with van der Waals surface area (Å²) in [5, 5.41) is 4.04. The predicted molar refractivity (Wildman–Crippen MR) is 123 cm³/mol. The number of fused-ring (bicyclic) bond motifs is 1. The van der Waals surface area contributed by atoms with Crippen LogP contribution in [0.5, 0.6) is 23.0 Å². The second-order valence-electron chi connectivity index (χ2n) is 6.98. The predicted octanol–water partition coefficient (Wildman–Crippen LogP) is 4.46. The highest BCUT2D eigenvalue weighted by molar-refractivity contribution is 9.10. The van der Waals surface area contributed by atoms with Crippen LogP contribution in [-0.2, 0) is 17.8 Å². The molecular formula is C24H21BrN2O5. The van der Waals surface area contributed by atoms with Crippen LogP contribution in [0.4, 0.5) is 0 Å². The maximum absolute atomic E-state index is 12.2. The summed E-state index contributed by atoms with van der Waals surface area (Å²) in [6.07, 6.45) is 1.73. The lowest BCUT2D eigenvalue weighted by Gasteiger charge is -2.11. The zero-order valence-corrected chi connectivity index (χ0v) is 18.9. The first kappa shape index (κ1) is 21.7. The summed E-state index contributed by atoms with van der Waals surface area (Å²) in [4.78, 5) is 12.2. The summed E-state index contributed by atoms with van der Waals surface area (Å²) >= 11 is 3.42. The number of hydrogen-bond acceptors (Lipinski definition) is 6. The molecular weight excluding hydrogens is 476 g/mol. The SMILES string of the molecule is COc1cc(/C=N\NC(=O)Cc2ccc3c(c2)OCO3)ccc1OCc1ccc(Br)cc1. The van der Waals surface area contributed by atoms with Gasteiger partial charge in [-0.1, -0.05) is 34.1 Å². The number of carbonyl (C=O) groups excluding carboxylic acids is 1. The Labute approximate surface area is 194 Å². The first-order valence-electron chi connectivity index (χ1n) is 9.86. The van der Waals surface area contributed by atoms with Crippen LogP contribution in [0.3, 0.4) is 0 Å². The minimum atomic E-state index is -0.235. The molecule has 0 aromatic heterocycles. The van der Waals surface area contributed by atoms with E-state index in [0.29, 0.717) is 29.6 Å². The zero-order chi connectivity index (χ0) is 22.3. The molecule has 0 saturated carbocycles. The quantitative estimate of drug-likeness (QED) is 0.368. The van der Waals surface area contributed by atoms with Crippen molar-refractivity contribution in [2.75, 3.05) is 13.9 Å². The van der Waals surface area contributed by atoms with Crippen LogP contribution >= 0.6 is 15.9 Å². The van der Waals surface area contributed by atoms with E-state index in [2.05, 4.69) is 26.5 Å². The fourth-order valence-corrected chi connectivity index (χ4v) is 3.34. The third-order valence-electron chi connectivity index (χ3n) is 4.70. The van der Waals surface area contributed by atoms with Crippen molar-refractivity contribution in [3.05, 3.63) is 81.8 Å². The monoisotopic (exact) mass is 496 g/mol. The highest BCUT2D eigenvalue weighted by Crippen LogP contribution is 2.32. The number of hydrogen-bond donors (Lipinski definition) is 1. The van der Waals surface area contributed by atoms with Crippen LogP contribution in [-0.4, -0.2) is 26.0 Å². The van der Waals surface area contributed by atoms with Gasteiger partial charge < -0.3 is 18.9 Å². The first-order valence-corrected chi connectivity index (χ1v) is 10.7. The highest BCUT2D eigenvalue weighted by atomic mass is 79.9. The molecule has 1 aliphatic rings. The molecule has 3 aromatic carbocycles. The summed E-state index contributed by atoms with van der Waals surface area (Å²) in [6.45, 7) is 0.625. The Morgan fingerprint density at radius 2 is 1.81 bits per heavy atom. The van der Waals surface area contributed by atoms with Gasteiger partial charge in [-0.2, -0.15) is 5.10 Å². The van der Waals surface area contributed by atoms with Gasteiger partial charge in [0.2, 0.25) is 12.7 Å². The summed E-state index contributed by atoms with van der Waals surface area (Å²) in [6, 6.07) is 18.8. The molecule has 164 valence electrons. The van der Waals surface area contributed by atoms with E-state index in [1.807, 2.05) is 42.5 Å². The number of rotatable bonds is 8. The Kier molecular flexibility index (Phi) is 6.91. The van der Waals surface area contributed by atoms with Crippen LogP contribution in [0, 0.1) is 0 Å². The van der Waals surface area contributed by atoms with Crippen molar-refractivity contribution in [3.8, 4) is 23.0 Å². The summed E-state index contributed by atoms with van der Waals surface area (Å²) < 4.78 is 22.9. The third-order valence-corrected chi connectivity index (χ3v) is 5.23. The molecule has 0 spiro atoms. The lowest BCUT2D eigenvalue weighted by Crippen LogP contribution is -2.19. The van der Waals surface area contributed by atoms with E-state index in [9.17, 15) is 4.79 Å². The summed E-state index contributed by atoms with van der Waals surface area (Å²) in [5.41, 5.74) is 5.16. The Bertz CT molecular complexity index is 1130. The molecule has 0 bridgehead atoms. The standard InChI is InChI=1S/C24H21BrN2O5/c1-29-22-11-18(5-9-20(22)30-14-16-2-6-19(25)7-3-16)13-26-27-24(28)12-17-4-8-21-23(10-17)32-15-31-21/h2-11,13H,12,14-15H2,1H3,(H,27,28)/b26-13-. The summed E-state index contributed by atoms with van der Waals surface area (Å²) in [7, 11) is 1.58. The molecule has 0 atom stereocenters. The van der Waals surface area contributed by atoms with Gasteiger partial charge in [-0.3, -0.25) is 4.79 Å². The molecule has 0 radical (unpaired) electrons. The molecule has 32 heavy (non-hydrogen) atoms. The second kappa shape index (κ2) is 10.2. The number of nitrogens with one attached hydrogen (secondary N) is 1. The van der Waals surface area contributed by atoms with Gasteiger partial charge in [-0.15, -0.1) is 0 Å². The average Bonchev–Trinajstić information content (AvgIpc) is 3.27. The van der Waals surface area contributed by atoms with Crippen LogP contribution in [0.25, 0.3) is 0 Å². The molecule has 7 nitrogen and oxygen atoms in total. The molecule has 1 N–H and O–H groups in total. The van der Waals surface area contributed by atoms with Gasteiger partial charge in [-0.05, 0) is 59.2 Å². The number of halogens is 1. The molecule has 1 heterocycles. The van der Waals surface area contributed by atoms with E-state index in [-0.39, 0.29) is 19.1 Å². The Morgan fingerprint density at radius 3 is 2.62 bits per heavy atom. The first-order chi connectivity index (χ1) is 15.6. The van der Waals surface area contributed by atoms with Crippen molar-refractivity contribution in [1.82, 2.24) is 5.43 Å². The fraction of sp³-hybridized carbons (Fsp3) is 0.167. The van der Waals surface area contributed by atoms with Gasteiger partial charge >= 0.3 is 0 Å². The van der Waals surface area contributed by atoms with Crippen molar-refractivity contribution in [2.45, 2.75) is 13.0 Å². The van der Waals surface area contributed by atoms with E-state index < -0.39 is 0 Å². The number of amides is 1. The largest absolute Gasteiger partial charge is 0.493 e. The van der Waals surface area contributed by atoms with Crippen LogP contribution in [0.1, 0.15) is 16.7 Å². The zero-order valence-electron chi connectivity index (χ0n) is 17.3. The van der Waals surface area contributed by atoms with Crippen LogP contribution < -0.4 is 24.4 Å². The number of methoxy groups -OCH3 is 1. The van der Waals surface area contributed by atoms with Crippen molar-refractivity contribution < 1.29 is 23.7 Å². The van der Waals surface area contributed by atoms with Crippen molar-refractivity contribution in [3.63, 3.8) is 0 Å². The molecule has 0 aliphatic carbocycles.